The third kappa shape index (κ3) is 3.63. The Labute approximate surface area is 115 Å². The van der Waals surface area contributed by atoms with Crippen molar-refractivity contribution in [1.29, 1.82) is 0 Å². The SMILES string of the molecule is CO[C@H]1C=CC[C@](C)(CSc2ccc(C)cc2)C1. The molecule has 1 aliphatic rings. The summed E-state index contributed by atoms with van der Waals surface area (Å²) in [6.45, 7) is 4.49. The van der Waals surface area contributed by atoms with Gasteiger partial charge in [0.25, 0.3) is 0 Å². The molecule has 0 saturated heterocycles. The largest absolute Gasteiger partial charge is 0.377 e. The van der Waals surface area contributed by atoms with E-state index in [9.17, 15) is 0 Å². The van der Waals surface area contributed by atoms with Gasteiger partial charge in [-0.3, -0.25) is 0 Å². The van der Waals surface area contributed by atoms with Gasteiger partial charge in [-0.05, 0) is 37.3 Å². The van der Waals surface area contributed by atoms with E-state index >= 15 is 0 Å². The topological polar surface area (TPSA) is 9.23 Å². The van der Waals surface area contributed by atoms with Crippen LogP contribution in [0.15, 0.2) is 41.3 Å². The van der Waals surface area contributed by atoms with E-state index in [1.54, 1.807) is 7.11 Å². The number of aryl methyl sites for hydroxylation is 1. The number of ether oxygens (including phenoxy) is 1. The number of hydrogen-bond acceptors (Lipinski definition) is 2. The average molecular weight is 262 g/mol. The molecule has 0 aliphatic heterocycles. The monoisotopic (exact) mass is 262 g/mol. The molecule has 1 nitrogen and oxygen atoms in total. The van der Waals surface area contributed by atoms with Crippen LogP contribution >= 0.6 is 11.8 Å². The first-order valence-electron chi connectivity index (χ1n) is 6.50. The molecule has 0 saturated carbocycles. The standard InChI is InChI=1S/C16H22OS/c1-13-6-8-15(9-7-13)18-12-16(2)10-4-5-14(11-16)17-3/h4-9,14H,10-12H2,1-3H3/t14-,16-/m0/s1. The first-order valence-corrected chi connectivity index (χ1v) is 7.49. The zero-order valence-corrected chi connectivity index (χ0v) is 12.3. The first kappa shape index (κ1) is 13.7. The third-order valence-electron chi connectivity index (χ3n) is 3.57. The number of hydrogen-bond donors (Lipinski definition) is 0. The molecule has 0 fully saturated rings. The molecule has 0 unspecified atom stereocenters. The molecule has 2 atom stereocenters. The maximum atomic E-state index is 5.46. The Kier molecular flexibility index (Phi) is 4.52. The molecule has 1 aromatic rings. The molecule has 2 rings (SSSR count). The van der Waals surface area contributed by atoms with Crippen LogP contribution in [0.1, 0.15) is 25.3 Å². The van der Waals surface area contributed by atoms with Crippen LogP contribution < -0.4 is 0 Å². The van der Waals surface area contributed by atoms with Crippen molar-refractivity contribution in [2.45, 2.75) is 37.7 Å². The summed E-state index contributed by atoms with van der Waals surface area (Å²) in [5.74, 6) is 1.15. The van der Waals surface area contributed by atoms with Crippen molar-refractivity contribution in [2.75, 3.05) is 12.9 Å². The predicted octanol–water partition coefficient (Wildman–Crippen LogP) is 4.46. The summed E-state index contributed by atoms with van der Waals surface area (Å²) < 4.78 is 5.46. The van der Waals surface area contributed by atoms with Gasteiger partial charge in [0.2, 0.25) is 0 Å². The summed E-state index contributed by atoms with van der Waals surface area (Å²) in [4.78, 5) is 1.37. The lowest BCUT2D eigenvalue weighted by molar-refractivity contribution is 0.0907. The van der Waals surface area contributed by atoms with Crippen molar-refractivity contribution in [3.8, 4) is 0 Å². The lowest BCUT2D eigenvalue weighted by Gasteiger charge is -2.34. The van der Waals surface area contributed by atoms with Crippen molar-refractivity contribution >= 4 is 11.8 Å². The van der Waals surface area contributed by atoms with E-state index in [1.807, 2.05) is 11.8 Å². The molecular weight excluding hydrogens is 240 g/mol. The minimum atomic E-state index is 0.294. The fourth-order valence-corrected chi connectivity index (χ4v) is 3.39. The van der Waals surface area contributed by atoms with Crippen LogP contribution in [0.4, 0.5) is 0 Å². The first-order chi connectivity index (χ1) is 8.61. The van der Waals surface area contributed by atoms with Crippen molar-refractivity contribution in [2.24, 2.45) is 5.41 Å². The van der Waals surface area contributed by atoms with Gasteiger partial charge in [0.15, 0.2) is 0 Å². The van der Waals surface area contributed by atoms with E-state index in [0.29, 0.717) is 11.5 Å². The van der Waals surface area contributed by atoms with Crippen molar-refractivity contribution < 1.29 is 4.74 Å². The van der Waals surface area contributed by atoms with Gasteiger partial charge in [0.05, 0.1) is 6.10 Å². The molecular formula is C16H22OS. The molecule has 1 aliphatic carbocycles. The van der Waals surface area contributed by atoms with Gasteiger partial charge in [-0.2, -0.15) is 0 Å². The molecule has 0 N–H and O–H groups in total. The van der Waals surface area contributed by atoms with Gasteiger partial charge < -0.3 is 4.74 Å². The zero-order valence-electron chi connectivity index (χ0n) is 11.5. The Balaban J connectivity index is 1.93. The second-order valence-electron chi connectivity index (χ2n) is 5.52. The van der Waals surface area contributed by atoms with Crippen LogP contribution in [0, 0.1) is 12.3 Å². The Hall–Kier alpha value is -0.730. The normalized spacial score (nSPS) is 27.4. The highest BCUT2D eigenvalue weighted by atomic mass is 32.2. The molecule has 0 bridgehead atoms. The highest BCUT2D eigenvalue weighted by Gasteiger charge is 2.29. The fourth-order valence-electron chi connectivity index (χ4n) is 2.31. The molecule has 0 amide bonds. The summed E-state index contributed by atoms with van der Waals surface area (Å²) in [5.41, 5.74) is 1.68. The number of methoxy groups -OCH3 is 1. The summed E-state index contributed by atoms with van der Waals surface area (Å²) in [5, 5.41) is 0. The molecule has 0 aromatic heterocycles. The van der Waals surface area contributed by atoms with E-state index < -0.39 is 0 Å². The molecule has 1 aromatic carbocycles. The van der Waals surface area contributed by atoms with Gasteiger partial charge in [-0.25, -0.2) is 0 Å². The van der Waals surface area contributed by atoms with Gasteiger partial charge in [-0.15, -0.1) is 11.8 Å². The molecule has 18 heavy (non-hydrogen) atoms. The molecule has 0 radical (unpaired) electrons. The van der Waals surface area contributed by atoms with Gasteiger partial charge in [0, 0.05) is 17.8 Å². The number of benzene rings is 1. The lowest BCUT2D eigenvalue weighted by atomic mass is 9.79. The van der Waals surface area contributed by atoms with Gasteiger partial charge in [0.1, 0.15) is 0 Å². The number of thioether (sulfide) groups is 1. The molecule has 0 heterocycles. The van der Waals surface area contributed by atoms with Crippen LogP contribution in [-0.2, 0) is 4.74 Å². The van der Waals surface area contributed by atoms with Gasteiger partial charge >= 0.3 is 0 Å². The summed E-state index contributed by atoms with van der Waals surface area (Å²) in [6, 6.07) is 8.80. The van der Waals surface area contributed by atoms with E-state index in [0.717, 1.165) is 18.6 Å². The Morgan fingerprint density at radius 3 is 2.72 bits per heavy atom. The van der Waals surface area contributed by atoms with Gasteiger partial charge in [-0.1, -0.05) is 36.8 Å². The second-order valence-corrected chi connectivity index (χ2v) is 6.57. The quantitative estimate of drug-likeness (QED) is 0.585. The van der Waals surface area contributed by atoms with Crippen LogP contribution in [0.5, 0.6) is 0 Å². The summed E-state index contributed by atoms with van der Waals surface area (Å²) >= 11 is 1.96. The van der Waals surface area contributed by atoms with E-state index in [2.05, 4.69) is 50.3 Å². The molecule has 0 spiro atoms. The Morgan fingerprint density at radius 2 is 2.06 bits per heavy atom. The van der Waals surface area contributed by atoms with Crippen LogP contribution in [0.25, 0.3) is 0 Å². The summed E-state index contributed by atoms with van der Waals surface area (Å²) in [6.07, 6.45) is 7.04. The zero-order chi connectivity index (χ0) is 13.0. The summed E-state index contributed by atoms with van der Waals surface area (Å²) in [7, 11) is 1.80. The fraction of sp³-hybridized carbons (Fsp3) is 0.500. The maximum absolute atomic E-state index is 5.46. The van der Waals surface area contributed by atoms with Crippen molar-refractivity contribution in [3.63, 3.8) is 0 Å². The average Bonchev–Trinajstić information content (AvgIpc) is 2.38. The van der Waals surface area contributed by atoms with Crippen LogP contribution in [0.2, 0.25) is 0 Å². The molecule has 2 heteroatoms. The number of rotatable bonds is 4. The lowest BCUT2D eigenvalue weighted by Crippen LogP contribution is -2.28. The highest BCUT2D eigenvalue weighted by molar-refractivity contribution is 7.99. The van der Waals surface area contributed by atoms with Crippen LogP contribution in [0.3, 0.4) is 0 Å². The van der Waals surface area contributed by atoms with E-state index in [1.165, 1.54) is 10.5 Å². The minimum absolute atomic E-state index is 0.294. The minimum Gasteiger partial charge on any atom is -0.377 e. The predicted molar refractivity (Wildman–Crippen MR) is 79.2 cm³/mol. The van der Waals surface area contributed by atoms with Crippen LogP contribution in [-0.4, -0.2) is 19.0 Å². The third-order valence-corrected chi connectivity index (χ3v) is 5.01. The maximum Gasteiger partial charge on any atom is 0.0757 e. The smallest absolute Gasteiger partial charge is 0.0757 e. The number of allylic oxidation sites excluding steroid dienone is 1. The van der Waals surface area contributed by atoms with E-state index in [-0.39, 0.29) is 0 Å². The molecule has 98 valence electrons. The van der Waals surface area contributed by atoms with Crippen molar-refractivity contribution in [1.82, 2.24) is 0 Å². The van der Waals surface area contributed by atoms with E-state index in [4.69, 9.17) is 4.74 Å². The second kappa shape index (κ2) is 5.94. The Bertz CT molecular complexity index is 410. The highest BCUT2D eigenvalue weighted by Crippen LogP contribution is 2.38. The van der Waals surface area contributed by atoms with Crippen molar-refractivity contribution in [3.05, 3.63) is 42.0 Å². The Morgan fingerprint density at radius 1 is 1.33 bits per heavy atom.